The number of allylic oxidation sites excluding steroid dienone is 4. The van der Waals surface area contributed by atoms with Gasteiger partial charge >= 0.3 is 11.9 Å². The van der Waals surface area contributed by atoms with Crippen LogP contribution in [0.1, 0.15) is 105 Å². The van der Waals surface area contributed by atoms with E-state index in [1.165, 1.54) is 16.7 Å². The van der Waals surface area contributed by atoms with Crippen molar-refractivity contribution in [3.8, 4) is 0 Å². The van der Waals surface area contributed by atoms with Crippen LogP contribution in [-0.4, -0.2) is 41.7 Å². The van der Waals surface area contributed by atoms with Crippen molar-refractivity contribution in [1.82, 2.24) is 19.5 Å². The van der Waals surface area contributed by atoms with E-state index in [-0.39, 0.29) is 12.8 Å². The number of aryl methyl sites for hydroxylation is 5. The molecule has 230 valence electrons. The standard InChI is InChI=1S/C36H42N4O4/c1-8-23-19(4)27-15-31-24(9-2)20(5)29(39-31)17-33-22(7)26(12-14-36(43)44)34(40(33)10-3)18-32-25(11-13-35(41)42)21(6)28(38-32)16-30(23)37-27/h15-18,39H,8-14H2,1-7H3,(H,41,42)(H,43,44). The molecule has 0 saturated heterocycles. The van der Waals surface area contributed by atoms with Gasteiger partial charge in [0.15, 0.2) is 0 Å². The maximum Gasteiger partial charge on any atom is 0.303 e. The van der Waals surface area contributed by atoms with E-state index in [2.05, 4.69) is 63.2 Å². The summed E-state index contributed by atoms with van der Waals surface area (Å²) in [6, 6.07) is 8.40. The third kappa shape index (κ3) is 5.49. The molecule has 0 saturated carbocycles. The molecule has 8 nitrogen and oxygen atoms in total. The van der Waals surface area contributed by atoms with E-state index in [0.717, 1.165) is 85.5 Å². The lowest BCUT2D eigenvalue weighted by Gasteiger charge is -2.06. The molecule has 0 atom stereocenters. The Morgan fingerprint density at radius 2 is 1.30 bits per heavy atom. The Kier molecular flexibility index (Phi) is 8.64. The maximum absolute atomic E-state index is 11.7. The molecule has 0 radical (unpaired) electrons. The molecule has 0 unspecified atom stereocenters. The van der Waals surface area contributed by atoms with Crippen molar-refractivity contribution >= 4 is 56.3 Å². The van der Waals surface area contributed by atoms with Gasteiger partial charge in [0, 0.05) is 41.5 Å². The van der Waals surface area contributed by atoms with Crippen molar-refractivity contribution in [1.29, 1.82) is 0 Å². The molecular weight excluding hydrogens is 552 g/mol. The number of aromatic amines is 1. The van der Waals surface area contributed by atoms with E-state index in [4.69, 9.17) is 9.97 Å². The molecule has 0 amide bonds. The van der Waals surface area contributed by atoms with Crippen LogP contribution in [0.2, 0.25) is 0 Å². The predicted octanol–water partition coefficient (Wildman–Crippen LogP) is 8.14. The Morgan fingerprint density at radius 1 is 0.682 bits per heavy atom. The first-order chi connectivity index (χ1) is 21.0. The Hall–Kier alpha value is -4.46. The second-order valence-electron chi connectivity index (χ2n) is 11.7. The van der Waals surface area contributed by atoms with Gasteiger partial charge in [0.25, 0.3) is 0 Å². The zero-order valence-electron chi connectivity index (χ0n) is 26.8. The summed E-state index contributed by atoms with van der Waals surface area (Å²) in [6.07, 6.45) is 2.43. The SMILES string of the molecule is CCC1=C(C)c2cc3[nH]c(cc4c(C)c(CCC(=O)O)c(cc5nc(cc1n2)C(C)=C5CCC(=O)O)n4CC)c(C)c3CC. The van der Waals surface area contributed by atoms with Crippen molar-refractivity contribution in [2.75, 3.05) is 0 Å². The van der Waals surface area contributed by atoms with Gasteiger partial charge in [0.05, 0.1) is 22.8 Å². The van der Waals surface area contributed by atoms with Crippen LogP contribution in [0.15, 0.2) is 24.3 Å². The summed E-state index contributed by atoms with van der Waals surface area (Å²) in [5.74, 6) is -1.71. The Morgan fingerprint density at radius 3 is 1.91 bits per heavy atom. The van der Waals surface area contributed by atoms with Crippen molar-refractivity contribution in [2.24, 2.45) is 0 Å². The van der Waals surface area contributed by atoms with E-state index < -0.39 is 11.9 Å². The van der Waals surface area contributed by atoms with Gasteiger partial charge in [-0.1, -0.05) is 13.8 Å². The first kappa shape index (κ1) is 31.0. The number of H-pyrrole nitrogens is 1. The van der Waals surface area contributed by atoms with Gasteiger partial charge in [-0.25, -0.2) is 9.97 Å². The van der Waals surface area contributed by atoms with Crippen LogP contribution in [0, 0.1) is 13.8 Å². The molecule has 2 aliphatic rings. The molecule has 0 fully saturated rings. The Labute approximate surface area is 258 Å². The van der Waals surface area contributed by atoms with Gasteiger partial charge in [-0.3, -0.25) is 9.59 Å². The lowest BCUT2D eigenvalue weighted by atomic mass is 9.99. The van der Waals surface area contributed by atoms with Gasteiger partial charge in [-0.05, 0) is 129 Å². The number of fused-ring (bicyclic) bond motifs is 8. The summed E-state index contributed by atoms with van der Waals surface area (Å²) in [4.78, 5) is 37.2. The highest BCUT2D eigenvalue weighted by molar-refractivity contribution is 5.96. The molecule has 8 bridgehead atoms. The number of rotatable bonds is 9. The van der Waals surface area contributed by atoms with Gasteiger partial charge in [-0.2, -0.15) is 0 Å². The minimum absolute atomic E-state index is 0.00738. The van der Waals surface area contributed by atoms with Crippen molar-refractivity contribution in [2.45, 2.75) is 93.5 Å². The molecule has 3 aromatic rings. The van der Waals surface area contributed by atoms with Crippen LogP contribution in [-0.2, 0) is 29.0 Å². The number of aromatic nitrogens is 4. The molecule has 5 rings (SSSR count). The second kappa shape index (κ2) is 12.3. The van der Waals surface area contributed by atoms with Crippen molar-refractivity contribution in [3.63, 3.8) is 0 Å². The summed E-state index contributed by atoms with van der Waals surface area (Å²) in [7, 11) is 0. The number of hydrogen-bond donors (Lipinski definition) is 3. The molecule has 0 aromatic carbocycles. The van der Waals surface area contributed by atoms with Gasteiger partial charge < -0.3 is 19.8 Å². The summed E-state index contributed by atoms with van der Waals surface area (Å²) in [5.41, 5.74) is 15.9. The van der Waals surface area contributed by atoms with E-state index in [1.54, 1.807) is 0 Å². The molecule has 2 aliphatic heterocycles. The first-order valence-electron chi connectivity index (χ1n) is 15.6. The van der Waals surface area contributed by atoms with Crippen LogP contribution in [0.4, 0.5) is 0 Å². The van der Waals surface area contributed by atoms with E-state index in [1.807, 2.05) is 19.1 Å². The fraction of sp³-hybridized carbons (Fsp3) is 0.389. The van der Waals surface area contributed by atoms with Crippen LogP contribution < -0.4 is 0 Å². The number of carboxylic acid groups (broad SMARTS) is 2. The maximum atomic E-state index is 11.7. The average molecular weight is 595 g/mol. The lowest BCUT2D eigenvalue weighted by molar-refractivity contribution is -0.137. The lowest BCUT2D eigenvalue weighted by Crippen LogP contribution is -1.99. The van der Waals surface area contributed by atoms with E-state index >= 15 is 0 Å². The molecule has 0 spiro atoms. The summed E-state index contributed by atoms with van der Waals surface area (Å²) in [6.45, 7) is 15.4. The highest BCUT2D eigenvalue weighted by atomic mass is 16.4. The number of carbonyl (C=O) groups is 2. The Balaban J connectivity index is 1.99. The third-order valence-corrected chi connectivity index (χ3v) is 9.26. The zero-order chi connectivity index (χ0) is 31.9. The number of nitrogens with one attached hydrogen (secondary N) is 1. The quantitative estimate of drug-likeness (QED) is 0.230. The van der Waals surface area contributed by atoms with Gasteiger partial charge in [0.1, 0.15) is 0 Å². The third-order valence-electron chi connectivity index (χ3n) is 9.26. The van der Waals surface area contributed by atoms with Crippen LogP contribution in [0.3, 0.4) is 0 Å². The summed E-state index contributed by atoms with van der Waals surface area (Å²) in [5, 5.41) is 19.1. The summed E-state index contributed by atoms with van der Waals surface area (Å²) < 4.78 is 2.23. The fourth-order valence-corrected chi connectivity index (χ4v) is 6.78. The predicted molar refractivity (Wildman–Crippen MR) is 177 cm³/mol. The van der Waals surface area contributed by atoms with Crippen molar-refractivity contribution < 1.29 is 19.8 Å². The molecule has 0 aliphatic carbocycles. The normalized spacial score (nSPS) is 13.2. The van der Waals surface area contributed by atoms with E-state index in [9.17, 15) is 19.8 Å². The summed E-state index contributed by atoms with van der Waals surface area (Å²) >= 11 is 0. The topological polar surface area (TPSA) is 121 Å². The molecule has 8 heteroatoms. The Bertz CT molecular complexity index is 1920. The molecular formula is C36H42N4O4. The second-order valence-corrected chi connectivity index (χ2v) is 11.7. The fourth-order valence-electron chi connectivity index (χ4n) is 6.78. The number of hydrogen-bond acceptors (Lipinski definition) is 4. The van der Waals surface area contributed by atoms with Gasteiger partial charge in [0.2, 0.25) is 0 Å². The number of aliphatic carboxylic acids is 2. The molecule has 3 N–H and O–H groups in total. The highest BCUT2D eigenvalue weighted by Gasteiger charge is 2.22. The zero-order valence-corrected chi connectivity index (χ0v) is 26.8. The average Bonchev–Trinajstić information content (AvgIpc) is 3.62. The van der Waals surface area contributed by atoms with Crippen molar-refractivity contribution in [3.05, 3.63) is 69.3 Å². The van der Waals surface area contributed by atoms with Crippen LogP contribution in [0.25, 0.3) is 44.4 Å². The molecule has 5 heterocycles. The largest absolute Gasteiger partial charge is 0.481 e. The minimum Gasteiger partial charge on any atom is -0.481 e. The molecule has 44 heavy (non-hydrogen) atoms. The number of nitrogens with zero attached hydrogens (tertiary/aromatic N) is 3. The highest BCUT2D eigenvalue weighted by Crippen LogP contribution is 2.38. The van der Waals surface area contributed by atoms with Crippen LogP contribution in [0.5, 0.6) is 0 Å². The minimum atomic E-state index is -0.860. The monoisotopic (exact) mass is 594 g/mol. The smallest absolute Gasteiger partial charge is 0.303 e. The van der Waals surface area contributed by atoms with Crippen LogP contribution >= 0.6 is 0 Å². The first-order valence-corrected chi connectivity index (χ1v) is 15.6. The molecule has 3 aromatic heterocycles. The number of carboxylic acids is 2. The van der Waals surface area contributed by atoms with Gasteiger partial charge in [-0.15, -0.1) is 0 Å². The van der Waals surface area contributed by atoms with E-state index in [0.29, 0.717) is 19.4 Å².